The Morgan fingerprint density at radius 3 is 2.40 bits per heavy atom. The Bertz CT molecular complexity index is 831. The van der Waals surface area contributed by atoms with Crippen LogP contribution in [-0.4, -0.2) is 12.8 Å². The fourth-order valence-corrected chi connectivity index (χ4v) is 2.04. The number of hydrogen-bond donors (Lipinski definition) is 0. The van der Waals surface area contributed by atoms with E-state index in [-0.39, 0.29) is 6.79 Å². The maximum absolute atomic E-state index is 11.3. The molecule has 0 aliphatic rings. The minimum absolute atomic E-state index is 0.198. The molecule has 25 heavy (non-hydrogen) atoms. The lowest BCUT2D eigenvalue weighted by atomic mass is 10.0. The number of hydrogen-bond acceptors (Lipinski definition) is 4. The van der Waals surface area contributed by atoms with Gasteiger partial charge in [-0.1, -0.05) is 30.3 Å². The van der Waals surface area contributed by atoms with Crippen LogP contribution in [-0.2, 0) is 9.53 Å². The van der Waals surface area contributed by atoms with Gasteiger partial charge in [-0.05, 0) is 60.5 Å². The molecule has 4 nitrogen and oxygen atoms in total. The van der Waals surface area contributed by atoms with Gasteiger partial charge in [0.15, 0.2) is 0 Å². The van der Waals surface area contributed by atoms with Crippen LogP contribution in [0, 0.1) is 11.3 Å². The molecule has 0 aliphatic carbocycles. The van der Waals surface area contributed by atoms with Gasteiger partial charge < -0.3 is 9.47 Å². The van der Waals surface area contributed by atoms with Crippen LogP contribution in [0.4, 0.5) is 0 Å². The molecule has 0 aromatic heterocycles. The summed E-state index contributed by atoms with van der Waals surface area (Å²) >= 11 is 5.86. The first-order valence-corrected chi connectivity index (χ1v) is 7.80. The van der Waals surface area contributed by atoms with E-state index in [1.54, 1.807) is 49.4 Å². The monoisotopic (exact) mass is 353 g/mol. The van der Waals surface area contributed by atoms with Gasteiger partial charge in [0.25, 0.3) is 0 Å². The number of ether oxygens (including phenoxy) is 2. The Morgan fingerprint density at radius 2 is 1.84 bits per heavy atom. The van der Waals surface area contributed by atoms with Gasteiger partial charge >= 0.3 is 5.97 Å². The van der Waals surface area contributed by atoms with Crippen LogP contribution in [0.2, 0.25) is 5.02 Å². The van der Waals surface area contributed by atoms with E-state index in [1.807, 2.05) is 12.1 Å². The van der Waals surface area contributed by atoms with Crippen molar-refractivity contribution >= 4 is 29.2 Å². The summed E-state index contributed by atoms with van der Waals surface area (Å²) in [5.41, 5.74) is 2.46. The molecule has 0 atom stereocenters. The normalized spacial score (nSPS) is 10.7. The first-order valence-electron chi connectivity index (χ1n) is 7.43. The van der Waals surface area contributed by atoms with Crippen LogP contribution < -0.4 is 4.74 Å². The van der Waals surface area contributed by atoms with Crippen LogP contribution in [0.3, 0.4) is 0 Å². The van der Waals surface area contributed by atoms with Crippen LogP contribution in [0.25, 0.3) is 11.6 Å². The Balaban J connectivity index is 2.04. The van der Waals surface area contributed by atoms with E-state index in [0.717, 1.165) is 11.1 Å². The highest BCUT2D eigenvalue weighted by Gasteiger charge is 2.05. The van der Waals surface area contributed by atoms with Crippen LogP contribution in [0.5, 0.6) is 5.75 Å². The topological polar surface area (TPSA) is 59.3 Å². The predicted molar refractivity (Wildman–Crippen MR) is 97.8 cm³/mol. The third-order valence-corrected chi connectivity index (χ3v) is 3.48. The molecule has 0 amide bonds. The molecule has 0 heterocycles. The number of nitrogens with zero attached hydrogens (tertiary/aromatic N) is 1. The zero-order chi connectivity index (χ0) is 18.2. The number of halogens is 1. The SMILES string of the molecule is C=C(C)C(=O)OCOc1ccc(/C(C#N)=C/c2ccc(Cl)cc2)cc1. The van der Waals surface area contributed by atoms with Gasteiger partial charge in [-0.25, -0.2) is 4.79 Å². The second-order valence-corrected chi connectivity index (χ2v) is 5.66. The van der Waals surface area contributed by atoms with E-state index < -0.39 is 5.97 Å². The molecule has 2 aromatic rings. The molecule has 2 aromatic carbocycles. The summed E-state index contributed by atoms with van der Waals surface area (Å²) in [6.07, 6.45) is 1.78. The third kappa shape index (κ3) is 5.52. The summed E-state index contributed by atoms with van der Waals surface area (Å²) in [7, 11) is 0. The van der Waals surface area contributed by atoms with E-state index in [9.17, 15) is 10.1 Å². The summed E-state index contributed by atoms with van der Waals surface area (Å²) in [6.45, 7) is 4.85. The van der Waals surface area contributed by atoms with Crippen molar-refractivity contribution in [3.05, 3.63) is 76.8 Å². The molecule has 0 saturated heterocycles. The lowest BCUT2D eigenvalue weighted by molar-refractivity contribution is -0.145. The molecule has 0 fully saturated rings. The van der Waals surface area contributed by atoms with E-state index >= 15 is 0 Å². The van der Waals surface area contributed by atoms with E-state index in [1.165, 1.54) is 0 Å². The summed E-state index contributed by atoms with van der Waals surface area (Å²) in [4.78, 5) is 11.3. The van der Waals surface area contributed by atoms with Crippen LogP contribution in [0.15, 0.2) is 60.7 Å². The van der Waals surface area contributed by atoms with E-state index in [0.29, 0.717) is 21.9 Å². The molecule has 0 spiro atoms. The minimum atomic E-state index is -0.505. The Kier molecular flexibility index (Phi) is 6.39. The van der Waals surface area contributed by atoms with Crippen molar-refractivity contribution in [2.24, 2.45) is 0 Å². The van der Waals surface area contributed by atoms with Crippen LogP contribution in [0.1, 0.15) is 18.1 Å². The van der Waals surface area contributed by atoms with Crippen molar-refractivity contribution in [1.29, 1.82) is 5.26 Å². The Hall–Kier alpha value is -3.03. The highest BCUT2D eigenvalue weighted by Crippen LogP contribution is 2.21. The lowest BCUT2D eigenvalue weighted by Gasteiger charge is -2.08. The van der Waals surface area contributed by atoms with Crippen LogP contribution >= 0.6 is 11.6 Å². The smallest absolute Gasteiger partial charge is 0.335 e. The van der Waals surface area contributed by atoms with Crippen molar-refractivity contribution in [2.75, 3.05) is 6.79 Å². The highest BCUT2D eigenvalue weighted by molar-refractivity contribution is 6.30. The van der Waals surface area contributed by atoms with Crippen molar-refractivity contribution < 1.29 is 14.3 Å². The maximum atomic E-state index is 11.3. The molecule has 0 aliphatic heterocycles. The highest BCUT2D eigenvalue weighted by atomic mass is 35.5. The molecular formula is C20H16ClNO3. The Labute approximate surface area is 151 Å². The largest absolute Gasteiger partial charge is 0.457 e. The van der Waals surface area contributed by atoms with Crippen molar-refractivity contribution in [2.45, 2.75) is 6.92 Å². The number of esters is 1. The standard InChI is InChI=1S/C20H16ClNO3/c1-14(2)20(23)25-13-24-19-9-5-16(6-10-19)17(12-22)11-15-3-7-18(21)8-4-15/h3-11H,1,13H2,2H3/b17-11+. The number of carbonyl (C=O) groups excluding carboxylic acids is 1. The molecule has 5 heteroatoms. The van der Waals surface area contributed by atoms with Gasteiger partial charge in [0.05, 0.1) is 11.6 Å². The molecule has 0 unspecified atom stereocenters. The second-order valence-electron chi connectivity index (χ2n) is 5.22. The number of allylic oxidation sites excluding steroid dienone is 1. The Morgan fingerprint density at radius 1 is 1.20 bits per heavy atom. The van der Waals surface area contributed by atoms with Gasteiger partial charge in [0.2, 0.25) is 6.79 Å². The molecule has 2 rings (SSSR count). The molecule has 0 bridgehead atoms. The van der Waals surface area contributed by atoms with Crippen molar-refractivity contribution in [3.63, 3.8) is 0 Å². The third-order valence-electron chi connectivity index (χ3n) is 3.23. The zero-order valence-electron chi connectivity index (χ0n) is 13.7. The zero-order valence-corrected chi connectivity index (χ0v) is 14.4. The summed E-state index contributed by atoms with van der Waals surface area (Å²) in [6, 6.07) is 16.3. The fourth-order valence-electron chi connectivity index (χ4n) is 1.91. The fraction of sp³-hybridized carbons (Fsp3) is 0.100. The maximum Gasteiger partial charge on any atom is 0.335 e. The molecule has 0 N–H and O–H groups in total. The van der Waals surface area contributed by atoms with Gasteiger partial charge in [-0.3, -0.25) is 0 Å². The van der Waals surface area contributed by atoms with Gasteiger partial charge in [-0.2, -0.15) is 5.26 Å². The van der Waals surface area contributed by atoms with Crippen molar-refractivity contribution in [3.8, 4) is 11.8 Å². The quantitative estimate of drug-likeness (QED) is 0.244. The van der Waals surface area contributed by atoms with Crippen molar-refractivity contribution in [1.82, 2.24) is 0 Å². The van der Waals surface area contributed by atoms with Gasteiger partial charge in [0.1, 0.15) is 5.75 Å². The number of rotatable bonds is 6. The average molecular weight is 354 g/mol. The summed E-state index contributed by atoms with van der Waals surface area (Å²) in [5.74, 6) is 0.0244. The number of benzene rings is 2. The molecular weight excluding hydrogens is 338 g/mol. The first kappa shape index (κ1) is 18.3. The lowest BCUT2D eigenvalue weighted by Crippen LogP contribution is -2.10. The number of carbonyl (C=O) groups is 1. The predicted octanol–water partition coefficient (Wildman–Crippen LogP) is 4.86. The van der Waals surface area contributed by atoms with Gasteiger partial charge in [0, 0.05) is 10.6 Å². The molecule has 0 saturated carbocycles. The van der Waals surface area contributed by atoms with Gasteiger partial charge in [-0.15, -0.1) is 0 Å². The second kappa shape index (κ2) is 8.72. The van der Waals surface area contributed by atoms with E-state index in [4.69, 9.17) is 21.1 Å². The minimum Gasteiger partial charge on any atom is -0.457 e. The number of nitriles is 1. The molecule has 126 valence electrons. The average Bonchev–Trinajstić information content (AvgIpc) is 2.62. The van der Waals surface area contributed by atoms with E-state index in [2.05, 4.69) is 12.6 Å². The first-order chi connectivity index (χ1) is 12.0. The molecule has 0 radical (unpaired) electrons. The summed E-state index contributed by atoms with van der Waals surface area (Å²) in [5, 5.41) is 10.0. The summed E-state index contributed by atoms with van der Waals surface area (Å²) < 4.78 is 10.2.